The fraction of sp³-hybridized carbons (Fsp3) is 0.412. The average Bonchev–Trinajstić information content (AvgIpc) is 2.67. The molecule has 1 aromatic carbocycles. The summed E-state index contributed by atoms with van der Waals surface area (Å²) in [4.78, 5) is 0. The summed E-state index contributed by atoms with van der Waals surface area (Å²) in [6.45, 7) is 8.96. The topological polar surface area (TPSA) is 4.93 Å². The van der Waals surface area contributed by atoms with Gasteiger partial charge >= 0.3 is 0 Å². The molecule has 2 aromatic rings. The SMILES string of the molecule is C.CCc1c(C(C)C)cc(C)n1-c1ccccc1. The van der Waals surface area contributed by atoms with Crippen LogP contribution in [0.2, 0.25) is 0 Å². The van der Waals surface area contributed by atoms with Crippen LogP contribution in [-0.4, -0.2) is 4.57 Å². The molecule has 0 aliphatic carbocycles. The molecule has 0 aliphatic heterocycles. The number of hydrogen-bond donors (Lipinski definition) is 0. The Labute approximate surface area is 111 Å². The van der Waals surface area contributed by atoms with Crippen LogP contribution in [0.5, 0.6) is 0 Å². The van der Waals surface area contributed by atoms with Gasteiger partial charge in [-0.2, -0.15) is 0 Å². The van der Waals surface area contributed by atoms with Gasteiger partial charge in [0.25, 0.3) is 0 Å². The van der Waals surface area contributed by atoms with Gasteiger partial charge in [-0.05, 0) is 43.0 Å². The van der Waals surface area contributed by atoms with Crippen molar-refractivity contribution >= 4 is 0 Å². The van der Waals surface area contributed by atoms with E-state index in [9.17, 15) is 0 Å². The lowest BCUT2D eigenvalue weighted by atomic mass is 10.0. The molecule has 0 fully saturated rings. The monoisotopic (exact) mass is 243 g/mol. The lowest BCUT2D eigenvalue weighted by Gasteiger charge is -2.13. The summed E-state index contributed by atoms with van der Waals surface area (Å²) in [5, 5.41) is 0. The van der Waals surface area contributed by atoms with Crippen LogP contribution in [0.15, 0.2) is 36.4 Å². The van der Waals surface area contributed by atoms with Crippen LogP contribution < -0.4 is 0 Å². The largest absolute Gasteiger partial charge is 0.318 e. The molecule has 1 aromatic heterocycles. The Balaban J connectivity index is 0.00000162. The molecule has 0 N–H and O–H groups in total. The Bertz CT molecular complexity index is 492. The Morgan fingerprint density at radius 2 is 1.72 bits per heavy atom. The first-order chi connectivity index (χ1) is 8.15. The molecule has 0 bridgehead atoms. The number of hydrogen-bond acceptors (Lipinski definition) is 0. The third kappa shape index (κ3) is 2.50. The first-order valence-electron chi connectivity index (χ1n) is 6.41. The molecule has 98 valence electrons. The highest BCUT2D eigenvalue weighted by Crippen LogP contribution is 2.27. The molecular formula is C17H25N. The van der Waals surface area contributed by atoms with E-state index in [0.29, 0.717) is 5.92 Å². The summed E-state index contributed by atoms with van der Waals surface area (Å²) in [7, 11) is 0. The van der Waals surface area contributed by atoms with Crippen molar-refractivity contribution in [3.05, 3.63) is 53.3 Å². The van der Waals surface area contributed by atoms with Gasteiger partial charge in [-0.1, -0.05) is 46.4 Å². The Morgan fingerprint density at radius 3 is 2.22 bits per heavy atom. The minimum atomic E-state index is 0. The molecule has 0 unspecified atom stereocenters. The van der Waals surface area contributed by atoms with Crippen molar-refractivity contribution < 1.29 is 0 Å². The van der Waals surface area contributed by atoms with Crippen molar-refractivity contribution in [3.63, 3.8) is 0 Å². The van der Waals surface area contributed by atoms with Gasteiger partial charge in [0, 0.05) is 17.1 Å². The second kappa shape index (κ2) is 5.90. The zero-order valence-corrected chi connectivity index (χ0v) is 11.2. The van der Waals surface area contributed by atoms with Gasteiger partial charge < -0.3 is 4.57 Å². The van der Waals surface area contributed by atoms with Crippen LogP contribution in [0.25, 0.3) is 5.69 Å². The summed E-state index contributed by atoms with van der Waals surface area (Å²) >= 11 is 0. The van der Waals surface area contributed by atoms with E-state index in [4.69, 9.17) is 0 Å². The van der Waals surface area contributed by atoms with Crippen molar-refractivity contribution in [2.75, 3.05) is 0 Å². The van der Waals surface area contributed by atoms with E-state index in [1.807, 2.05) is 0 Å². The number of aromatic nitrogens is 1. The fourth-order valence-corrected chi connectivity index (χ4v) is 2.51. The van der Waals surface area contributed by atoms with E-state index in [-0.39, 0.29) is 7.43 Å². The van der Waals surface area contributed by atoms with Crippen LogP contribution in [0.3, 0.4) is 0 Å². The lowest BCUT2D eigenvalue weighted by Crippen LogP contribution is -2.03. The Kier molecular flexibility index (Phi) is 4.77. The van der Waals surface area contributed by atoms with Gasteiger partial charge in [0.2, 0.25) is 0 Å². The highest BCUT2D eigenvalue weighted by atomic mass is 15.0. The number of benzene rings is 1. The number of para-hydroxylation sites is 1. The summed E-state index contributed by atoms with van der Waals surface area (Å²) in [6.07, 6.45) is 1.08. The summed E-state index contributed by atoms with van der Waals surface area (Å²) in [5.41, 5.74) is 5.53. The van der Waals surface area contributed by atoms with Crippen LogP contribution in [0.1, 0.15) is 51.1 Å². The van der Waals surface area contributed by atoms with Gasteiger partial charge in [-0.3, -0.25) is 0 Å². The van der Waals surface area contributed by atoms with Gasteiger partial charge in [0.15, 0.2) is 0 Å². The first-order valence-corrected chi connectivity index (χ1v) is 6.41. The maximum absolute atomic E-state index is 2.38. The lowest BCUT2D eigenvalue weighted by molar-refractivity contribution is 0.818. The fourth-order valence-electron chi connectivity index (χ4n) is 2.51. The van der Waals surface area contributed by atoms with E-state index in [0.717, 1.165) is 6.42 Å². The quantitative estimate of drug-likeness (QED) is 0.706. The van der Waals surface area contributed by atoms with Crippen molar-refractivity contribution in [1.29, 1.82) is 0 Å². The smallest absolute Gasteiger partial charge is 0.0455 e. The number of nitrogens with zero attached hydrogens (tertiary/aromatic N) is 1. The molecule has 0 radical (unpaired) electrons. The highest BCUT2D eigenvalue weighted by molar-refractivity contribution is 5.42. The van der Waals surface area contributed by atoms with Gasteiger partial charge in [-0.25, -0.2) is 0 Å². The molecule has 0 spiro atoms. The van der Waals surface area contributed by atoms with Crippen LogP contribution >= 0.6 is 0 Å². The van der Waals surface area contributed by atoms with Crippen LogP contribution in [-0.2, 0) is 6.42 Å². The molecule has 0 saturated carbocycles. The third-order valence-corrected chi connectivity index (χ3v) is 3.29. The summed E-state index contributed by atoms with van der Waals surface area (Å²) < 4.78 is 2.38. The van der Waals surface area contributed by atoms with Gasteiger partial charge in [0.1, 0.15) is 0 Å². The third-order valence-electron chi connectivity index (χ3n) is 3.29. The van der Waals surface area contributed by atoms with E-state index >= 15 is 0 Å². The second-order valence-corrected chi connectivity index (χ2v) is 4.87. The summed E-state index contributed by atoms with van der Waals surface area (Å²) in [6, 6.07) is 13.0. The van der Waals surface area contributed by atoms with Crippen LogP contribution in [0, 0.1) is 6.92 Å². The van der Waals surface area contributed by atoms with Gasteiger partial charge in [0.05, 0.1) is 0 Å². The number of rotatable bonds is 3. The first kappa shape index (κ1) is 14.6. The molecule has 1 heterocycles. The molecule has 0 amide bonds. The average molecular weight is 243 g/mol. The maximum Gasteiger partial charge on any atom is 0.0455 e. The zero-order chi connectivity index (χ0) is 12.4. The standard InChI is InChI=1S/C16H21N.CH4/c1-5-16-15(12(2)3)11-13(4)17(16)14-9-7-6-8-10-14;/h6-12H,5H2,1-4H3;1H4. The Morgan fingerprint density at radius 1 is 1.11 bits per heavy atom. The normalized spacial score (nSPS) is 10.5. The molecule has 2 rings (SSSR count). The van der Waals surface area contributed by atoms with Crippen molar-refractivity contribution in [2.45, 2.75) is 47.5 Å². The Hall–Kier alpha value is -1.50. The molecule has 0 atom stereocenters. The van der Waals surface area contributed by atoms with E-state index < -0.39 is 0 Å². The molecule has 18 heavy (non-hydrogen) atoms. The summed E-state index contributed by atoms with van der Waals surface area (Å²) in [5.74, 6) is 0.591. The van der Waals surface area contributed by atoms with Crippen molar-refractivity contribution in [2.24, 2.45) is 0 Å². The predicted octanol–water partition coefficient (Wildman–Crippen LogP) is 5.11. The van der Waals surface area contributed by atoms with E-state index in [2.05, 4.69) is 68.7 Å². The molecule has 1 heteroatoms. The zero-order valence-electron chi connectivity index (χ0n) is 11.2. The second-order valence-electron chi connectivity index (χ2n) is 4.87. The predicted molar refractivity (Wildman–Crippen MR) is 80.7 cm³/mol. The van der Waals surface area contributed by atoms with E-state index in [1.165, 1.54) is 22.6 Å². The van der Waals surface area contributed by atoms with E-state index in [1.54, 1.807) is 0 Å². The minimum Gasteiger partial charge on any atom is -0.318 e. The number of aryl methyl sites for hydroxylation is 1. The van der Waals surface area contributed by atoms with Crippen LogP contribution in [0.4, 0.5) is 0 Å². The molecular weight excluding hydrogens is 218 g/mol. The molecule has 0 saturated heterocycles. The van der Waals surface area contributed by atoms with Crippen molar-refractivity contribution in [3.8, 4) is 5.69 Å². The van der Waals surface area contributed by atoms with Gasteiger partial charge in [-0.15, -0.1) is 0 Å². The maximum atomic E-state index is 2.38. The highest BCUT2D eigenvalue weighted by Gasteiger charge is 2.14. The molecule has 0 aliphatic rings. The minimum absolute atomic E-state index is 0. The van der Waals surface area contributed by atoms with Crippen molar-refractivity contribution in [1.82, 2.24) is 4.57 Å². The molecule has 1 nitrogen and oxygen atoms in total.